The van der Waals surface area contributed by atoms with Crippen LogP contribution in [0.4, 0.5) is 0 Å². The summed E-state index contributed by atoms with van der Waals surface area (Å²) in [5.41, 5.74) is 1.24. The maximum atomic E-state index is 5.33. The first-order valence-corrected chi connectivity index (χ1v) is 7.19. The molecule has 0 radical (unpaired) electrons. The molecule has 1 aliphatic rings. The van der Waals surface area contributed by atoms with Gasteiger partial charge in [-0.15, -0.1) is 0 Å². The van der Waals surface area contributed by atoms with Crippen molar-refractivity contribution in [2.24, 2.45) is 5.92 Å². The minimum Gasteiger partial charge on any atom is -0.493 e. The van der Waals surface area contributed by atoms with Gasteiger partial charge in [-0.2, -0.15) is 0 Å². The molecule has 1 aromatic rings. The second-order valence-electron chi connectivity index (χ2n) is 5.40. The third-order valence-corrected chi connectivity index (χ3v) is 4.18. The highest BCUT2D eigenvalue weighted by atomic mass is 16.5. The Morgan fingerprint density at radius 3 is 2.47 bits per heavy atom. The summed E-state index contributed by atoms with van der Waals surface area (Å²) >= 11 is 0. The van der Waals surface area contributed by atoms with Crippen LogP contribution in [0.3, 0.4) is 0 Å². The number of nitrogens with one attached hydrogen (secondary N) is 1. The summed E-state index contributed by atoms with van der Waals surface area (Å²) in [7, 11) is 3.34. The number of methoxy groups -OCH3 is 2. The predicted molar refractivity (Wildman–Crippen MR) is 77.8 cm³/mol. The first kappa shape index (κ1) is 14.2. The summed E-state index contributed by atoms with van der Waals surface area (Å²) in [6, 6.07) is 6.70. The molecule has 1 N–H and O–H groups in total. The lowest BCUT2D eigenvalue weighted by molar-refractivity contribution is 0.353. The van der Waals surface area contributed by atoms with E-state index in [1.165, 1.54) is 31.2 Å². The zero-order chi connectivity index (χ0) is 13.7. The standard InChI is InChI=1S/C16H25NO2/c1-12(14-6-4-5-7-14)17-11-13-8-9-15(18-2)16(10-13)19-3/h8-10,12,14,17H,4-7,11H2,1-3H3/t12-/m0/s1. The Balaban J connectivity index is 1.91. The fourth-order valence-electron chi connectivity index (χ4n) is 2.89. The van der Waals surface area contributed by atoms with Crippen LogP contribution in [0.25, 0.3) is 0 Å². The number of hydrogen-bond acceptors (Lipinski definition) is 3. The summed E-state index contributed by atoms with van der Waals surface area (Å²) in [5.74, 6) is 2.44. The molecule has 1 aromatic carbocycles. The fraction of sp³-hybridized carbons (Fsp3) is 0.625. The van der Waals surface area contributed by atoms with E-state index in [4.69, 9.17) is 9.47 Å². The molecule has 1 aliphatic carbocycles. The van der Waals surface area contributed by atoms with Crippen LogP contribution in [-0.2, 0) is 6.54 Å². The van der Waals surface area contributed by atoms with Gasteiger partial charge < -0.3 is 14.8 Å². The summed E-state index contributed by atoms with van der Waals surface area (Å²) in [5, 5.41) is 3.63. The van der Waals surface area contributed by atoms with E-state index in [-0.39, 0.29) is 0 Å². The van der Waals surface area contributed by atoms with Gasteiger partial charge in [-0.05, 0) is 43.4 Å². The van der Waals surface area contributed by atoms with Crippen molar-refractivity contribution in [3.63, 3.8) is 0 Å². The van der Waals surface area contributed by atoms with Gasteiger partial charge in [-0.3, -0.25) is 0 Å². The van der Waals surface area contributed by atoms with E-state index in [0.29, 0.717) is 6.04 Å². The van der Waals surface area contributed by atoms with E-state index in [0.717, 1.165) is 24.0 Å². The SMILES string of the molecule is COc1ccc(CN[C@@H](C)C2CCCC2)cc1OC. The predicted octanol–water partition coefficient (Wildman–Crippen LogP) is 3.37. The van der Waals surface area contributed by atoms with Gasteiger partial charge in [0.25, 0.3) is 0 Å². The molecule has 106 valence electrons. The van der Waals surface area contributed by atoms with Crippen molar-refractivity contribution in [2.75, 3.05) is 14.2 Å². The average Bonchev–Trinajstić information content (AvgIpc) is 2.98. The van der Waals surface area contributed by atoms with Crippen LogP contribution in [0.15, 0.2) is 18.2 Å². The fourth-order valence-corrected chi connectivity index (χ4v) is 2.89. The number of rotatable bonds is 6. The van der Waals surface area contributed by atoms with Crippen molar-refractivity contribution >= 4 is 0 Å². The lowest BCUT2D eigenvalue weighted by atomic mass is 9.99. The molecule has 0 aromatic heterocycles. The summed E-state index contributed by atoms with van der Waals surface area (Å²) < 4.78 is 10.6. The van der Waals surface area contributed by atoms with Crippen LogP contribution in [0.2, 0.25) is 0 Å². The number of benzene rings is 1. The van der Waals surface area contributed by atoms with E-state index in [1.54, 1.807) is 14.2 Å². The molecule has 0 aliphatic heterocycles. The van der Waals surface area contributed by atoms with E-state index in [1.807, 2.05) is 12.1 Å². The van der Waals surface area contributed by atoms with Crippen LogP contribution in [0, 0.1) is 5.92 Å². The highest BCUT2D eigenvalue weighted by Crippen LogP contribution is 2.29. The molecule has 1 fully saturated rings. The molecule has 0 bridgehead atoms. The minimum absolute atomic E-state index is 0.593. The zero-order valence-corrected chi connectivity index (χ0v) is 12.2. The summed E-state index contributed by atoms with van der Waals surface area (Å²) in [6.45, 7) is 3.19. The largest absolute Gasteiger partial charge is 0.493 e. The van der Waals surface area contributed by atoms with Crippen LogP contribution >= 0.6 is 0 Å². The smallest absolute Gasteiger partial charge is 0.161 e. The maximum absolute atomic E-state index is 5.33. The molecule has 0 heterocycles. The van der Waals surface area contributed by atoms with Gasteiger partial charge in [0.15, 0.2) is 11.5 Å². The average molecular weight is 263 g/mol. The lowest BCUT2D eigenvalue weighted by Gasteiger charge is -2.20. The first-order chi connectivity index (χ1) is 9.24. The normalized spacial score (nSPS) is 17.4. The Bertz CT molecular complexity index is 400. The Hall–Kier alpha value is -1.22. The van der Waals surface area contributed by atoms with Crippen molar-refractivity contribution < 1.29 is 9.47 Å². The van der Waals surface area contributed by atoms with Gasteiger partial charge in [-0.1, -0.05) is 18.9 Å². The van der Waals surface area contributed by atoms with Gasteiger partial charge in [0.05, 0.1) is 14.2 Å². The van der Waals surface area contributed by atoms with Gasteiger partial charge in [0.2, 0.25) is 0 Å². The van der Waals surface area contributed by atoms with Gasteiger partial charge in [-0.25, -0.2) is 0 Å². The molecule has 1 atom stereocenters. The first-order valence-electron chi connectivity index (χ1n) is 7.19. The Morgan fingerprint density at radius 2 is 1.84 bits per heavy atom. The molecule has 0 saturated heterocycles. The molecule has 3 nitrogen and oxygen atoms in total. The molecule has 0 spiro atoms. The minimum atomic E-state index is 0.593. The molecule has 3 heteroatoms. The van der Waals surface area contributed by atoms with Crippen LogP contribution in [0.5, 0.6) is 11.5 Å². The molecule has 0 unspecified atom stereocenters. The molecule has 19 heavy (non-hydrogen) atoms. The van der Waals surface area contributed by atoms with Crippen molar-refractivity contribution in [2.45, 2.75) is 45.2 Å². The van der Waals surface area contributed by atoms with Gasteiger partial charge >= 0.3 is 0 Å². The van der Waals surface area contributed by atoms with E-state index in [9.17, 15) is 0 Å². The number of ether oxygens (including phenoxy) is 2. The van der Waals surface area contributed by atoms with Gasteiger partial charge in [0.1, 0.15) is 0 Å². The third kappa shape index (κ3) is 3.63. The van der Waals surface area contributed by atoms with Crippen molar-refractivity contribution in [3.8, 4) is 11.5 Å². The Labute approximate surface area is 116 Å². The van der Waals surface area contributed by atoms with Crippen LogP contribution < -0.4 is 14.8 Å². The van der Waals surface area contributed by atoms with Crippen LogP contribution in [-0.4, -0.2) is 20.3 Å². The highest BCUT2D eigenvalue weighted by molar-refractivity contribution is 5.42. The monoisotopic (exact) mass is 263 g/mol. The molecule has 0 amide bonds. The summed E-state index contributed by atoms with van der Waals surface area (Å²) in [4.78, 5) is 0. The van der Waals surface area contributed by atoms with Crippen LogP contribution in [0.1, 0.15) is 38.2 Å². The van der Waals surface area contributed by atoms with Crippen molar-refractivity contribution in [3.05, 3.63) is 23.8 Å². The molecular weight excluding hydrogens is 238 g/mol. The van der Waals surface area contributed by atoms with E-state index >= 15 is 0 Å². The quantitative estimate of drug-likeness (QED) is 0.853. The highest BCUT2D eigenvalue weighted by Gasteiger charge is 2.20. The number of hydrogen-bond donors (Lipinski definition) is 1. The summed E-state index contributed by atoms with van der Waals surface area (Å²) in [6.07, 6.45) is 5.54. The molecular formula is C16H25NO2. The van der Waals surface area contributed by atoms with Gasteiger partial charge in [0, 0.05) is 12.6 Å². The maximum Gasteiger partial charge on any atom is 0.161 e. The Kier molecular flexibility index (Phi) is 5.08. The molecule has 2 rings (SSSR count). The van der Waals surface area contributed by atoms with E-state index in [2.05, 4.69) is 18.3 Å². The Morgan fingerprint density at radius 1 is 1.16 bits per heavy atom. The zero-order valence-electron chi connectivity index (χ0n) is 12.2. The third-order valence-electron chi connectivity index (χ3n) is 4.18. The second kappa shape index (κ2) is 6.80. The topological polar surface area (TPSA) is 30.5 Å². The van der Waals surface area contributed by atoms with Crippen molar-refractivity contribution in [1.82, 2.24) is 5.32 Å². The molecule has 1 saturated carbocycles. The van der Waals surface area contributed by atoms with Crippen molar-refractivity contribution in [1.29, 1.82) is 0 Å². The lowest BCUT2D eigenvalue weighted by Crippen LogP contribution is -2.31. The van der Waals surface area contributed by atoms with E-state index < -0.39 is 0 Å². The second-order valence-corrected chi connectivity index (χ2v) is 5.40.